The van der Waals surface area contributed by atoms with Crippen molar-refractivity contribution in [3.8, 4) is 5.75 Å². The van der Waals surface area contributed by atoms with Crippen LogP contribution < -0.4 is 10.1 Å². The molecular formula is C16H15Cl2NO2S. The number of carbonyl (C=O) groups excluding carboxylic acids is 1. The summed E-state index contributed by atoms with van der Waals surface area (Å²) in [4.78, 5) is 11.7. The van der Waals surface area contributed by atoms with Crippen LogP contribution in [0.1, 0.15) is 0 Å². The Bertz CT molecular complexity index is 603. The molecule has 0 unspecified atom stereocenters. The van der Waals surface area contributed by atoms with Crippen LogP contribution in [0, 0.1) is 0 Å². The Morgan fingerprint density at radius 2 is 1.59 bits per heavy atom. The van der Waals surface area contributed by atoms with Crippen molar-refractivity contribution in [3.05, 3.63) is 58.6 Å². The molecule has 2 aromatic carbocycles. The summed E-state index contributed by atoms with van der Waals surface area (Å²) in [5.74, 6) is 1.85. The number of hydrogen-bond donors (Lipinski definition) is 1. The van der Waals surface area contributed by atoms with E-state index in [9.17, 15) is 4.79 Å². The van der Waals surface area contributed by atoms with E-state index < -0.39 is 0 Å². The molecule has 0 aliphatic carbocycles. The third-order valence-electron chi connectivity index (χ3n) is 2.67. The maximum absolute atomic E-state index is 11.7. The number of amides is 1. The zero-order valence-electron chi connectivity index (χ0n) is 11.7. The molecule has 1 N–H and O–H groups in total. The average molecular weight is 356 g/mol. The molecule has 6 heteroatoms. The fourth-order valence-corrected chi connectivity index (χ4v) is 2.50. The van der Waals surface area contributed by atoms with Gasteiger partial charge in [0.15, 0.2) is 0 Å². The Balaban J connectivity index is 1.61. The van der Waals surface area contributed by atoms with Gasteiger partial charge in [-0.1, -0.05) is 23.2 Å². The zero-order valence-corrected chi connectivity index (χ0v) is 14.0. The smallest absolute Gasteiger partial charge is 0.234 e. The van der Waals surface area contributed by atoms with Gasteiger partial charge in [-0.25, -0.2) is 0 Å². The van der Waals surface area contributed by atoms with Crippen LogP contribution in [0.15, 0.2) is 48.5 Å². The van der Waals surface area contributed by atoms with Crippen molar-refractivity contribution in [2.75, 3.05) is 23.4 Å². The highest BCUT2D eigenvalue weighted by Crippen LogP contribution is 2.16. The predicted molar refractivity (Wildman–Crippen MR) is 94.4 cm³/mol. The van der Waals surface area contributed by atoms with Gasteiger partial charge in [-0.05, 0) is 48.5 Å². The highest BCUT2D eigenvalue weighted by atomic mass is 35.5. The largest absolute Gasteiger partial charge is 0.493 e. The van der Waals surface area contributed by atoms with E-state index >= 15 is 0 Å². The molecule has 0 aliphatic rings. The highest BCUT2D eigenvalue weighted by Gasteiger charge is 2.03. The summed E-state index contributed by atoms with van der Waals surface area (Å²) >= 11 is 13.1. The van der Waals surface area contributed by atoms with Crippen LogP contribution >= 0.6 is 35.0 Å². The van der Waals surface area contributed by atoms with Crippen molar-refractivity contribution in [1.29, 1.82) is 0 Å². The minimum absolute atomic E-state index is 0.0428. The summed E-state index contributed by atoms with van der Waals surface area (Å²) in [5, 5.41) is 4.14. The van der Waals surface area contributed by atoms with Crippen LogP contribution in [-0.4, -0.2) is 24.0 Å². The normalized spacial score (nSPS) is 10.3. The molecule has 0 radical (unpaired) electrons. The van der Waals surface area contributed by atoms with Crippen molar-refractivity contribution in [2.45, 2.75) is 0 Å². The van der Waals surface area contributed by atoms with Crippen molar-refractivity contribution < 1.29 is 9.53 Å². The molecule has 116 valence electrons. The molecule has 0 aliphatic heterocycles. The summed E-state index contributed by atoms with van der Waals surface area (Å²) in [7, 11) is 0. The standard InChI is InChI=1S/C16H15Cl2NO2S/c17-12-1-5-14(6-2-12)19-16(20)11-22-10-9-21-15-7-3-13(18)4-8-15/h1-8H,9-11H2,(H,19,20). The summed E-state index contributed by atoms with van der Waals surface area (Å²) < 4.78 is 5.55. The van der Waals surface area contributed by atoms with E-state index in [-0.39, 0.29) is 5.91 Å². The number of halogens is 2. The number of anilines is 1. The van der Waals surface area contributed by atoms with Crippen LogP contribution in [0.25, 0.3) is 0 Å². The van der Waals surface area contributed by atoms with E-state index in [1.54, 1.807) is 36.4 Å². The quantitative estimate of drug-likeness (QED) is 0.728. The molecule has 0 spiro atoms. The summed E-state index contributed by atoms with van der Waals surface area (Å²) in [6.07, 6.45) is 0. The van der Waals surface area contributed by atoms with Crippen molar-refractivity contribution >= 4 is 46.6 Å². The number of benzene rings is 2. The van der Waals surface area contributed by atoms with Gasteiger partial charge in [0, 0.05) is 21.5 Å². The van der Waals surface area contributed by atoms with Crippen LogP contribution in [0.4, 0.5) is 5.69 Å². The van der Waals surface area contributed by atoms with Crippen molar-refractivity contribution in [2.24, 2.45) is 0 Å². The highest BCUT2D eigenvalue weighted by molar-refractivity contribution is 7.99. The molecule has 0 fully saturated rings. The van der Waals surface area contributed by atoms with Gasteiger partial charge in [0.25, 0.3) is 0 Å². The molecule has 2 rings (SSSR count). The second-order valence-electron chi connectivity index (χ2n) is 4.41. The first-order valence-electron chi connectivity index (χ1n) is 6.65. The van der Waals surface area contributed by atoms with Gasteiger partial charge in [-0.15, -0.1) is 11.8 Å². The van der Waals surface area contributed by atoms with Gasteiger partial charge < -0.3 is 10.1 Å². The van der Waals surface area contributed by atoms with Crippen LogP contribution in [0.3, 0.4) is 0 Å². The van der Waals surface area contributed by atoms with E-state index in [0.29, 0.717) is 22.4 Å². The second-order valence-corrected chi connectivity index (χ2v) is 6.39. The maximum Gasteiger partial charge on any atom is 0.234 e. The fraction of sp³-hybridized carbons (Fsp3) is 0.188. The Morgan fingerprint density at radius 1 is 1.00 bits per heavy atom. The second kappa shape index (κ2) is 8.93. The zero-order chi connectivity index (χ0) is 15.8. The number of thioether (sulfide) groups is 1. The van der Waals surface area contributed by atoms with E-state index in [1.165, 1.54) is 11.8 Å². The van der Waals surface area contributed by atoms with E-state index in [1.807, 2.05) is 12.1 Å². The van der Waals surface area contributed by atoms with Gasteiger partial charge in [-0.3, -0.25) is 4.79 Å². The van der Waals surface area contributed by atoms with Crippen LogP contribution in [0.2, 0.25) is 10.0 Å². The van der Waals surface area contributed by atoms with Crippen molar-refractivity contribution in [1.82, 2.24) is 0 Å². The lowest BCUT2D eigenvalue weighted by Gasteiger charge is -2.07. The predicted octanol–water partition coefficient (Wildman–Crippen LogP) is 4.74. The Kier molecular flexibility index (Phi) is 6.90. The Hall–Kier alpha value is -1.36. The number of carbonyl (C=O) groups is 1. The minimum Gasteiger partial charge on any atom is -0.493 e. The lowest BCUT2D eigenvalue weighted by molar-refractivity contribution is -0.113. The molecule has 0 bridgehead atoms. The molecule has 2 aromatic rings. The Labute approximate surface area is 144 Å². The lowest BCUT2D eigenvalue weighted by Crippen LogP contribution is -2.15. The summed E-state index contributed by atoms with van der Waals surface area (Å²) in [5.41, 5.74) is 0.743. The number of nitrogens with one attached hydrogen (secondary N) is 1. The van der Waals surface area contributed by atoms with E-state index in [2.05, 4.69) is 5.32 Å². The fourth-order valence-electron chi connectivity index (χ4n) is 1.64. The summed E-state index contributed by atoms with van der Waals surface area (Å²) in [6.45, 7) is 0.542. The van der Waals surface area contributed by atoms with Crippen molar-refractivity contribution in [3.63, 3.8) is 0 Å². The number of hydrogen-bond acceptors (Lipinski definition) is 3. The van der Waals surface area contributed by atoms with Gasteiger partial charge in [0.05, 0.1) is 12.4 Å². The van der Waals surface area contributed by atoms with Crippen LogP contribution in [0.5, 0.6) is 5.75 Å². The van der Waals surface area contributed by atoms with E-state index in [4.69, 9.17) is 27.9 Å². The third kappa shape index (κ3) is 6.18. The molecular weight excluding hydrogens is 341 g/mol. The monoisotopic (exact) mass is 355 g/mol. The number of ether oxygens (including phenoxy) is 1. The van der Waals surface area contributed by atoms with Gasteiger partial charge in [0.2, 0.25) is 5.91 Å². The molecule has 3 nitrogen and oxygen atoms in total. The molecule has 0 atom stereocenters. The molecule has 0 saturated heterocycles. The average Bonchev–Trinajstić information content (AvgIpc) is 2.51. The minimum atomic E-state index is -0.0428. The van der Waals surface area contributed by atoms with Gasteiger partial charge >= 0.3 is 0 Å². The Morgan fingerprint density at radius 3 is 2.23 bits per heavy atom. The van der Waals surface area contributed by atoms with E-state index in [0.717, 1.165) is 17.2 Å². The molecule has 22 heavy (non-hydrogen) atoms. The van der Waals surface area contributed by atoms with Gasteiger partial charge in [0.1, 0.15) is 5.75 Å². The first-order chi connectivity index (χ1) is 10.6. The topological polar surface area (TPSA) is 38.3 Å². The molecule has 0 saturated carbocycles. The molecule has 1 amide bonds. The lowest BCUT2D eigenvalue weighted by atomic mass is 10.3. The molecule has 0 aromatic heterocycles. The van der Waals surface area contributed by atoms with Gasteiger partial charge in [-0.2, -0.15) is 0 Å². The SMILES string of the molecule is O=C(CSCCOc1ccc(Cl)cc1)Nc1ccc(Cl)cc1. The molecule has 0 heterocycles. The number of rotatable bonds is 7. The van der Waals surface area contributed by atoms with Crippen LogP contribution in [-0.2, 0) is 4.79 Å². The summed E-state index contributed by atoms with van der Waals surface area (Å²) in [6, 6.07) is 14.2. The maximum atomic E-state index is 11.7. The first kappa shape index (κ1) is 17.0. The third-order valence-corrected chi connectivity index (χ3v) is 4.10. The first-order valence-corrected chi connectivity index (χ1v) is 8.56.